The van der Waals surface area contributed by atoms with Crippen molar-refractivity contribution in [1.29, 1.82) is 0 Å². The molecule has 1 saturated carbocycles. The minimum Gasteiger partial charge on any atom is -0.335 e. The van der Waals surface area contributed by atoms with E-state index >= 15 is 0 Å². The molecule has 1 heterocycles. The SMILES string of the molecule is C=CCN(CC=C)C(=O)CCN1C(=O)NC2(CCCC2)C1=O. The van der Waals surface area contributed by atoms with Gasteiger partial charge in [-0.25, -0.2) is 4.79 Å². The number of rotatable bonds is 7. The van der Waals surface area contributed by atoms with Gasteiger partial charge in [0.05, 0.1) is 0 Å². The van der Waals surface area contributed by atoms with Gasteiger partial charge in [-0.05, 0) is 12.8 Å². The number of hydrogen-bond acceptors (Lipinski definition) is 3. The molecule has 2 fully saturated rings. The Morgan fingerprint density at radius 2 is 1.82 bits per heavy atom. The second-order valence-corrected chi connectivity index (χ2v) is 5.80. The first-order valence-corrected chi connectivity index (χ1v) is 7.68. The maximum Gasteiger partial charge on any atom is 0.325 e. The fraction of sp³-hybridized carbons (Fsp3) is 0.562. The van der Waals surface area contributed by atoms with Crippen LogP contribution >= 0.6 is 0 Å². The van der Waals surface area contributed by atoms with E-state index < -0.39 is 5.54 Å². The zero-order valence-electron chi connectivity index (χ0n) is 12.8. The van der Waals surface area contributed by atoms with Crippen LogP contribution in [0.15, 0.2) is 25.3 Å². The molecule has 22 heavy (non-hydrogen) atoms. The topological polar surface area (TPSA) is 69.7 Å². The van der Waals surface area contributed by atoms with E-state index in [2.05, 4.69) is 18.5 Å². The molecule has 0 radical (unpaired) electrons. The van der Waals surface area contributed by atoms with Crippen LogP contribution in [-0.4, -0.2) is 52.8 Å². The van der Waals surface area contributed by atoms with E-state index in [1.165, 1.54) is 4.90 Å². The van der Waals surface area contributed by atoms with Crippen molar-refractivity contribution in [1.82, 2.24) is 15.1 Å². The third-order valence-electron chi connectivity index (χ3n) is 4.30. The summed E-state index contributed by atoms with van der Waals surface area (Å²) in [6.45, 7) is 8.21. The Kier molecular flexibility index (Phi) is 5.00. The lowest BCUT2D eigenvalue weighted by atomic mass is 9.98. The minimum absolute atomic E-state index is 0.118. The summed E-state index contributed by atoms with van der Waals surface area (Å²) >= 11 is 0. The van der Waals surface area contributed by atoms with Crippen molar-refractivity contribution in [2.75, 3.05) is 19.6 Å². The van der Waals surface area contributed by atoms with Crippen molar-refractivity contribution in [3.63, 3.8) is 0 Å². The maximum absolute atomic E-state index is 12.5. The molecule has 0 bridgehead atoms. The van der Waals surface area contributed by atoms with Gasteiger partial charge >= 0.3 is 6.03 Å². The summed E-state index contributed by atoms with van der Waals surface area (Å²) in [5.74, 6) is -0.297. The highest BCUT2D eigenvalue weighted by Gasteiger charge is 2.52. The number of amides is 4. The summed E-state index contributed by atoms with van der Waals surface area (Å²) in [5.41, 5.74) is -0.706. The summed E-state index contributed by atoms with van der Waals surface area (Å²) in [5, 5.41) is 2.81. The number of urea groups is 1. The second-order valence-electron chi connectivity index (χ2n) is 5.80. The van der Waals surface area contributed by atoms with Crippen molar-refractivity contribution in [3.05, 3.63) is 25.3 Å². The maximum atomic E-state index is 12.5. The highest BCUT2D eigenvalue weighted by atomic mass is 16.2. The average Bonchev–Trinajstić information content (AvgIpc) is 3.04. The van der Waals surface area contributed by atoms with Crippen LogP contribution in [0.4, 0.5) is 4.79 Å². The molecule has 120 valence electrons. The molecule has 2 rings (SSSR count). The highest BCUT2D eigenvalue weighted by Crippen LogP contribution is 2.35. The van der Waals surface area contributed by atoms with E-state index in [4.69, 9.17) is 0 Å². The van der Waals surface area contributed by atoms with E-state index in [0.29, 0.717) is 25.9 Å². The monoisotopic (exact) mass is 305 g/mol. The third kappa shape index (κ3) is 3.05. The smallest absolute Gasteiger partial charge is 0.325 e. The zero-order valence-corrected chi connectivity index (χ0v) is 12.8. The van der Waals surface area contributed by atoms with Gasteiger partial charge in [-0.2, -0.15) is 0 Å². The lowest BCUT2D eigenvalue weighted by Crippen LogP contribution is -2.44. The van der Waals surface area contributed by atoms with Crippen molar-refractivity contribution in [2.24, 2.45) is 0 Å². The molecule has 1 saturated heterocycles. The molecule has 1 aliphatic heterocycles. The largest absolute Gasteiger partial charge is 0.335 e. The van der Waals surface area contributed by atoms with Crippen LogP contribution < -0.4 is 5.32 Å². The van der Waals surface area contributed by atoms with E-state index in [9.17, 15) is 14.4 Å². The average molecular weight is 305 g/mol. The third-order valence-corrected chi connectivity index (χ3v) is 4.30. The number of hydrogen-bond donors (Lipinski definition) is 1. The normalized spacial score (nSPS) is 19.4. The van der Waals surface area contributed by atoms with Crippen LogP contribution in [0, 0.1) is 0 Å². The standard InChI is InChI=1S/C16H23N3O3/c1-3-10-18(11-4-2)13(20)7-12-19-14(21)16(17-15(19)22)8-5-6-9-16/h3-4H,1-2,5-12H2,(H,17,22). The number of carbonyl (C=O) groups is 3. The first kappa shape index (κ1) is 16.3. The van der Waals surface area contributed by atoms with Crippen molar-refractivity contribution >= 4 is 17.8 Å². The predicted molar refractivity (Wildman–Crippen MR) is 83.0 cm³/mol. The summed E-state index contributed by atoms with van der Waals surface area (Å²) in [4.78, 5) is 39.4. The molecule has 0 aromatic heterocycles. The number of carbonyl (C=O) groups excluding carboxylic acids is 3. The summed E-state index contributed by atoms with van der Waals surface area (Å²) < 4.78 is 0. The second kappa shape index (κ2) is 6.77. The molecule has 4 amide bonds. The quantitative estimate of drug-likeness (QED) is 0.571. The Morgan fingerprint density at radius 3 is 2.36 bits per heavy atom. The predicted octanol–water partition coefficient (Wildman–Crippen LogP) is 1.44. The summed E-state index contributed by atoms with van der Waals surface area (Å²) in [6, 6.07) is -0.376. The molecular formula is C16H23N3O3. The molecule has 2 aliphatic rings. The van der Waals surface area contributed by atoms with E-state index in [1.807, 2.05) is 0 Å². The van der Waals surface area contributed by atoms with Gasteiger partial charge < -0.3 is 10.2 Å². The first-order chi connectivity index (χ1) is 10.5. The van der Waals surface area contributed by atoms with Crippen molar-refractivity contribution < 1.29 is 14.4 Å². The Hall–Kier alpha value is -2.11. The molecule has 1 spiro atoms. The van der Waals surface area contributed by atoms with Gasteiger partial charge in [0.15, 0.2) is 0 Å². The Morgan fingerprint density at radius 1 is 1.23 bits per heavy atom. The Bertz CT molecular complexity index is 485. The van der Waals surface area contributed by atoms with Gasteiger partial charge in [-0.3, -0.25) is 14.5 Å². The molecule has 1 aliphatic carbocycles. The van der Waals surface area contributed by atoms with Crippen LogP contribution in [0.2, 0.25) is 0 Å². The van der Waals surface area contributed by atoms with Gasteiger partial charge in [0.1, 0.15) is 5.54 Å². The van der Waals surface area contributed by atoms with Gasteiger partial charge in [0.2, 0.25) is 5.91 Å². The van der Waals surface area contributed by atoms with Crippen LogP contribution in [-0.2, 0) is 9.59 Å². The molecule has 0 atom stereocenters. The van der Waals surface area contributed by atoms with Gasteiger partial charge in [0.25, 0.3) is 5.91 Å². The van der Waals surface area contributed by atoms with Gasteiger partial charge in [0, 0.05) is 26.1 Å². The van der Waals surface area contributed by atoms with Crippen LogP contribution in [0.1, 0.15) is 32.1 Å². The fourth-order valence-corrected chi connectivity index (χ4v) is 3.15. The first-order valence-electron chi connectivity index (χ1n) is 7.68. The number of imide groups is 1. The summed E-state index contributed by atoms with van der Waals surface area (Å²) in [6.07, 6.45) is 6.70. The highest BCUT2D eigenvalue weighted by molar-refractivity contribution is 6.07. The van der Waals surface area contributed by atoms with Crippen molar-refractivity contribution in [2.45, 2.75) is 37.6 Å². The van der Waals surface area contributed by atoms with E-state index in [-0.39, 0.29) is 30.8 Å². The minimum atomic E-state index is -0.706. The van der Waals surface area contributed by atoms with Crippen LogP contribution in [0.3, 0.4) is 0 Å². The molecule has 0 aromatic rings. The molecule has 1 N–H and O–H groups in total. The van der Waals surface area contributed by atoms with E-state index in [1.54, 1.807) is 17.1 Å². The lowest BCUT2D eigenvalue weighted by molar-refractivity contribution is -0.133. The number of nitrogens with one attached hydrogen (secondary N) is 1. The van der Waals surface area contributed by atoms with Crippen molar-refractivity contribution in [3.8, 4) is 0 Å². The summed E-state index contributed by atoms with van der Waals surface area (Å²) in [7, 11) is 0. The molecule has 0 unspecified atom stereocenters. The zero-order chi connectivity index (χ0) is 16.2. The lowest BCUT2D eigenvalue weighted by Gasteiger charge is -2.22. The fourth-order valence-electron chi connectivity index (χ4n) is 3.15. The number of nitrogens with zero attached hydrogens (tertiary/aromatic N) is 2. The molecule has 6 heteroatoms. The molecule has 6 nitrogen and oxygen atoms in total. The van der Waals surface area contributed by atoms with Gasteiger partial charge in [-0.15, -0.1) is 13.2 Å². The molecule has 0 aromatic carbocycles. The van der Waals surface area contributed by atoms with Crippen LogP contribution in [0.25, 0.3) is 0 Å². The van der Waals surface area contributed by atoms with Crippen LogP contribution in [0.5, 0.6) is 0 Å². The molecular weight excluding hydrogens is 282 g/mol. The van der Waals surface area contributed by atoms with E-state index in [0.717, 1.165) is 12.8 Å². The van der Waals surface area contributed by atoms with Gasteiger partial charge in [-0.1, -0.05) is 25.0 Å². The Labute approximate surface area is 130 Å². The Balaban J connectivity index is 1.94.